The Bertz CT molecular complexity index is 644. The molecule has 5 heteroatoms. The summed E-state index contributed by atoms with van der Waals surface area (Å²) in [5, 5.41) is 3.47. The van der Waals surface area contributed by atoms with E-state index in [2.05, 4.69) is 33.4 Å². The SMILES string of the molecule is CCOc1c(OC)ccc(Br)c1CNCCc1ccc(OC)cc1. The summed E-state index contributed by atoms with van der Waals surface area (Å²) in [6, 6.07) is 12.1. The first-order chi connectivity index (χ1) is 11.7. The van der Waals surface area contributed by atoms with Gasteiger partial charge >= 0.3 is 0 Å². The van der Waals surface area contributed by atoms with Gasteiger partial charge < -0.3 is 19.5 Å². The summed E-state index contributed by atoms with van der Waals surface area (Å²) in [6.45, 7) is 4.16. The second-order valence-electron chi connectivity index (χ2n) is 5.27. The molecule has 0 unspecified atom stereocenters. The molecule has 0 bridgehead atoms. The number of halogens is 1. The largest absolute Gasteiger partial charge is 0.497 e. The van der Waals surface area contributed by atoms with Gasteiger partial charge in [-0.25, -0.2) is 0 Å². The molecule has 0 radical (unpaired) electrons. The van der Waals surface area contributed by atoms with Gasteiger partial charge in [-0.1, -0.05) is 28.1 Å². The van der Waals surface area contributed by atoms with E-state index in [1.54, 1.807) is 14.2 Å². The van der Waals surface area contributed by atoms with Gasteiger partial charge in [0.1, 0.15) is 5.75 Å². The molecule has 0 aliphatic carbocycles. The highest BCUT2D eigenvalue weighted by Crippen LogP contribution is 2.36. The first-order valence-electron chi connectivity index (χ1n) is 8.01. The molecular formula is C19H24BrNO3. The lowest BCUT2D eigenvalue weighted by Crippen LogP contribution is -2.18. The van der Waals surface area contributed by atoms with Crippen molar-refractivity contribution in [2.24, 2.45) is 0 Å². The maximum Gasteiger partial charge on any atom is 0.166 e. The van der Waals surface area contributed by atoms with E-state index in [1.165, 1.54) is 5.56 Å². The smallest absolute Gasteiger partial charge is 0.166 e. The molecule has 0 aliphatic heterocycles. The van der Waals surface area contributed by atoms with E-state index in [0.29, 0.717) is 13.2 Å². The van der Waals surface area contributed by atoms with Gasteiger partial charge in [-0.05, 0) is 49.7 Å². The molecule has 4 nitrogen and oxygen atoms in total. The molecule has 130 valence electrons. The molecule has 0 saturated carbocycles. The fourth-order valence-electron chi connectivity index (χ4n) is 2.45. The van der Waals surface area contributed by atoms with Crippen molar-refractivity contribution >= 4 is 15.9 Å². The van der Waals surface area contributed by atoms with Gasteiger partial charge in [0.2, 0.25) is 0 Å². The number of methoxy groups -OCH3 is 2. The minimum absolute atomic E-state index is 0.603. The zero-order valence-electron chi connectivity index (χ0n) is 14.4. The minimum Gasteiger partial charge on any atom is -0.497 e. The summed E-state index contributed by atoms with van der Waals surface area (Å²) in [7, 11) is 3.34. The van der Waals surface area contributed by atoms with Crippen LogP contribution in [0.4, 0.5) is 0 Å². The molecule has 2 aromatic rings. The molecule has 24 heavy (non-hydrogen) atoms. The minimum atomic E-state index is 0.603. The highest BCUT2D eigenvalue weighted by molar-refractivity contribution is 9.10. The normalized spacial score (nSPS) is 10.5. The van der Waals surface area contributed by atoms with E-state index in [0.717, 1.165) is 40.3 Å². The van der Waals surface area contributed by atoms with Crippen LogP contribution in [0.3, 0.4) is 0 Å². The lowest BCUT2D eigenvalue weighted by molar-refractivity contribution is 0.306. The lowest BCUT2D eigenvalue weighted by Gasteiger charge is -2.16. The summed E-state index contributed by atoms with van der Waals surface area (Å²) in [5.41, 5.74) is 2.35. The monoisotopic (exact) mass is 393 g/mol. The summed E-state index contributed by atoms with van der Waals surface area (Å²) in [4.78, 5) is 0. The Morgan fingerprint density at radius 2 is 1.75 bits per heavy atom. The predicted molar refractivity (Wildman–Crippen MR) is 100 cm³/mol. The average molecular weight is 394 g/mol. The van der Waals surface area contributed by atoms with E-state index in [9.17, 15) is 0 Å². The fraction of sp³-hybridized carbons (Fsp3) is 0.368. The Morgan fingerprint density at radius 3 is 2.38 bits per heavy atom. The summed E-state index contributed by atoms with van der Waals surface area (Å²) < 4.78 is 17.4. The van der Waals surface area contributed by atoms with Crippen LogP contribution in [0, 0.1) is 0 Å². The van der Waals surface area contributed by atoms with Crippen molar-refractivity contribution in [1.29, 1.82) is 0 Å². The van der Waals surface area contributed by atoms with E-state index >= 15 is 0 Å². The zero-order valence-corrected chi connectivity index (χ0v) is 16.0. The van der Waals surface area contributed by atoms with Gasteiger partial charge in [0, 0.05) is 16.6 Å². The first-order valence-corrected chi connectivity index (χ1v) is 8.80. The van der Waals surface area contributed by atoms with Crippen molar-refractivity contribution in [3.63, 3.8) is 0 Å². The van der Waals surface area contributed by atoms with Crippen LogP contribution < -0.4 is 19.5 Å². The molecule has 0 atom stereocenters. The molecular weight excluding hydrogens is 370 g/mol. The van der Waals surface area contributed by atoms with Crippen LogP contribution >= 0.6 is 15.9 Å². The quantitative estimate of drug-likeness (QED) is 0.648. The van der Waals surface area contributed by atoms with Gasteiger partial charge in [-0.2, -0.15) is 0 Å². The number of nitrogens with one attached hydrogen (secondary N) is 1. The average Bonchev–Trinajstić information content (AvgIpc) is 2.61. The molecule has 0 heterocycles. The van der Waals surface area contributed by atoms with E-state index < -0.39 is 0 Å². The standard InChI is InChI=1S/C19H24BrNO3/c1-4-24-19-16(17(20)9-10-18(19)23-3)13-21-12-11-14-5-7-15(22-2)8-6-14/h5-10,21H,4,11-13H2,1-3H3. The van der Waals surface area contributed by atoms with Crippen molar-refractivity contribution in [3.8, 4) is 17.2 Å². The van der Waals surface area contributed by atoms with Crippen molar-refractivity contribution in [2.45, 2.75) is 19.9 Å². The van der Waals surface area contributed by atoms with Crippen molar-refractivity contribution in [3.05, 3.63) is 52.0 Å². The van der Waals surface area contributed by atoms with E-state index in [-0.39, 0.29) is 0 Å². The van der Waals surface area contributed by atoms with Crippen LogP contribution in [0.1, 0.15) is 18.1 Å². The van der Waals surface area contributed by atoms with Gasteiger partial charge in [0.05, 0.1) is 20.8 Å². The molecule has 1 N–H and O–H groups in total. The number of hydrogen-bond acceptors (Lipinski definition) is 4. The molecule has 2 rings (SSSR count). The van der Waals surface area contributed by atoms with Crippen LogP contribution in [0.25, 0.3) is 0 Å². The van der Waals surface area contributed by atoms with Gasteiger partial charge in [-0.3, -0.25) is 0 Å². The fourth-order valence-corrected chi connectivity index (χ4v) is 2.90. The topological polar surface area (TPSA) is 39.7 Å². The third kappa shape index (κ3) is 4.89. The van der Waals surface area contributed by atoms with Crippen molar-refractivity contribution in [2.75, 3.05) is 27.4 Å². The van der Waals surface area contributed by atoms with Crippen molar-refractivity contribution < 1.29 is 14.2 Å². The third-order valence-corrected chi connectivity index (χ3v) is 4.47. The first kappa shape index (κ1) is 18.6. The molecule has 0 aliphatic rings. The summed E-state index contributed by atoms with van der Waals surface area (Å²) >= 11 is 3.60. The number of hydrogen-bond donors (Lipinski definition) is 1. The Hall–Kier alpha value is -1.72. The second-order valence-corrected chi connectivity index (χ2v) is 6.12. The van der Waals surface area contributed by atoms with Gasteiger partial charge in [0.15, 0.2) is 11.5 Å². The third-order valence-electron chi connectivity index (χ3n) is 3.73. The molecule has 0 fully saturated rings. The van der Waals surface area contributed by atoms with Gasteiger partial charge in [-0.15, -0.1) is 0 Å². The van der Waals surface area contributed by atoms with Crippen LogP contribution in [0.5, 0.6) is 17.2 Å². The summed E-state index contributed by atoms with van der Waals surface area (Å²) in [5.74, 6) is 2.44. The predicted octanol–water partition coefficient (Wildman–Crippen LogP) is 4.20. The number of rotatable bonds is 9. The highest BCUT2D eigenvalue weighted by atomic mass is 79.9. The lowest BCUT2D eigenvalue weighted by atomic mass is 10.1. The van der Waals surface area contributed by atoms with Crippen molar-refractivity contribution in [1.82, 2.24) is 5.32 Å². The zero-order chi connectivity index (χ0) is 17.4. The Kier molecular flexibility index (Phi) is 7.40. The van der Waals surface area contributed by atoms with E-state index in [4.69, 9.17) is 14.2 Å². The molecule has 2 aromatic carbocycles. The summed E-state index contributed by atoms with van der Waals surface area (Å²) in [6.07, 6.45) is 0.954. The van der Waals surface area contributed by atoms with Crippen LogP contribution in [0.15, 0.2) is 40.9 Å². The number of benzene rings is 2. The van der Waals surface area contributed by atoms with Crippen LogP contribution in [-0.2, 0) is 13.0 Å². The molecule has 0 saturated heterocycles. The maximum absolute atomic E-state index is 5.77. The molecule has 0 amide bonds. The molecule has 0 spiro atoms. The second kappa shape index (κ2) is 9.55. The molecule has 0 aromatic heterocycles. The number of ether oxygens (including phenoxy) is 3. The Morgan fingerprint density at radius 1 is 1.00 bits per heavy atom. The Balaban J connectivity index is 1.95. The van der Waals surface area contributed by atoms with Crippen LogP contribution in [-0.4, -0.2) is 27.4 Å². The van der Waals surface area contributed by atoms with E-state index in [1.807, 2.05) is 31.2 Å². The Labute approximate surface area is 152 Å². The van der Waals surface area contributed by atoms with Crippen LogP contribution in [0.2, 0.25) is 0 Å². The highest BCUT2D eigenvalue weighted by Gasteiger charge is 2.13. The maximum atomic E-state index is 5.77. The van der Waals surface area contributed by atoms with Gasteiger partial charge in [0.25, 0.3) is 0 Å².